The second kappa shape index (κ2) is 6.78. The van der Waals surface area contributed by atoms with Gasteiger partial charge in [0.05, 0.1) is 13.0 Å². The highest BCUT2D eigenvalue weighted by atomic mass is 35.5. The molecule has 2 rings (SSSR count). The van der Waals surface area contributed by atoms with Gasteiger partial charge in [0.1, 0.15) is 18.4 Å². The average Bonchev–Trinajstić information content (AvgIpc) is 2.52. The SMILES string of the molecule is COc1cccc(CCl)c1OCc1ccnc(C#N)c1. The van der Waals surface area contributed by atoms with Crippen LogP contribution in [0.25, 0.3) is 0 Å². The molecule has 1 aromatic carbocycles. The van der Waals surface area contributed by atoms with E-state index < -0.39 is 0 Å². The predicted octanol–water partition coefficient (Wildman–Crippen LogP) is 3.28. The first-order valence-electron chi connectivity index (χ1n) is 5.98. The Hall–Kier alpha value is -2.25. The Labute approximate surface area is 122 Å². The standard InChI is InChI=1S/C15H13ClN2O2/c1-19-14-4-2-3-12(8-16)15(14)20-10-11-5-6-18-13(7-11)9-17/h2-7H,8,10H2,1H3. The topological polar surface area (TPSA) is 55.1 Å². The molecule has 20 heavy (non-hydrogen) atoms. The number of para-hydroxylation sites is 1. The number of pyridine rings is 1. The quantitative estimate of drug-likeness (QED) is 0.792. The molecule has 0 amide bonds. The van der Waals surface area contributed by atoms with E-state index in [2.05, 4.69) is 4.98 Å². The van der Waals surface area contributed by atoms with Crippen molar-refractivity contribution in [3.8, 4) is 17.6 Å². The normalized spacial score (nSPS) is 9.85. The van der Waals surface area contributed by atoms with Crippen LogP contribution in [0.4, 0.5) is 0 Å². The van der Waals surface area contributed by atoms with Crippen LogP contribution in [-0.2, 0) is 12.5 Å². The molecule has 0 aliphatic rings. The summed E-state index contributed by atoms with van der Waals surface area (Å²) in [5, 5.41) is 8.82. The van der Waals surface area contributed by atoms with Crippen LogP contribution in [-0.4, -0.2) is 12.1 Å². The van der Waals surface area contributed by atoms with Gasteiger partial charge in [0.15, 0.2) is 11.5 Å². The minimum atomic E-state index is 0.321. The molecular formula is C15H13ClN2O2. The zero-order valence-corrected chi connectivity index (χ0v) is 11.7. The molecule has 0 atom stereocenters. The zero-order valence-electron chi connectivity index (χ0n) is 11.0. The third-order valence-electron chi connectivity index (χ3n) is 2.75. The summed E-state index contributed by atoms with van der Waals surface area (Å²) < 4.78 is 11.1. The second-order valence-corrected chi connectivity index (χ2v) is 4.30. The largest absolute Gasteiger partial charge is 0.493 e. The van der Waals surface area contributed by atoms with Crippen molar-refractivity contribution < 1.29 is 9.47 Å². The maximum Gasteiger partial charge on any atom is 0.166 e. The number of rotatable bonds is 5. The van der Waals surface area contributed by atoms with Crippen LogP contribution in [0.1, 0.15) is 16.8 Å². The number of methoxy groups -OCH3 is 1. The van der Waals surface area contributed by atoms with Crippen LogP contribution >= 0.6 is 11.6 Å². The summed E-state index contributed by atoms with van der Waals surface area (Å²) in [4.78, 5) is 3.92. The van der Waals surface area contributed by atoms with Crippen LogP contribution in [0, 0.1) is 11.3 Å². The summed E-state index contributed by atoms with van der Waals surface area (Å²) in [6.07, 6.45) is 1.59. The number of halogens is 1. The van der Waals surface area contributed by atoms with Gasteiger partial charge in [-0.2, -0.15) is 5.26 Å². The molecule has 0 N–H and O–H groups in total. The third-order valence-corrected chi connectivity index (χ3v) is 3.03. The van der Waals surface area contributed by atoms with Crippen LogP contribution in [0.5, 0.6) is 11.5 Å². The lowest BCUT2D eigenvalue weighted by Gasteiger charge is -2.13. The molecule has 0 spiro atoms. The molecule has 0 unspecified atom stereocenters. The molecule has 1 aromatic heterocycles. The van der Waals surface area contributed by atoms with Gasteiger partial charge in [0, 0.05) is 11.8 Å². The van der Waals surface area contributed by atoms with E-state index in [4.69, 9.17) is 26.3 Å². The van der Waals surface area contributed by atoms with Gasteiger partial charge < -0.3 is 9.47 Å². The Kier molecular flexibility index (Phi) is 4.80. The van der Waals surface area contributed by atoms with Crippen molar-refractivity contribution in [3.63, 3.8) is 0 Å². The summed E-state index contributed by atoms with van der Waals surface area (Å²) in [6.45, 7) is 0.321. The van der Waals surface area contributed by atoms with Gasteiger partial charge in [-0.25, -0.2) is 4.98 Å². The summed E-state index contributed by atoms with van der Waals surface area (Å²) in [5.41, 5.74) is 2.09. The van der Waals surface area contributed by atoms with Crippen LogP contribution in [0.15, 0.2) is 36.5 Å². The molecule has 0 fully saturated rings. The van der Waals surface area contributed by atoms with Crippen LogP contribution in [0.2, 0.25) is 0 Å². The van der Waals surface area contributed by atoms with Gasteiger partial charge in [-0.15, -0.1) is 11.6 Å². The molecule has 0 radical (unpaired) electrons. The van der Waals surface area contributed by atoms with E-state index in [0.29, 0.717) is 29.7 Å². The number of hydrogen-bond donors (Lipinski definition) is 0. The fraction of sp³-hybridized carbons (Fsp3) is 0.200. The first-order chi connectivity index (χ1) is 9.78. The first kappa shape index (κ1) is 14.2. The molecule has 0 bridgehead atoms. The minimum absolute atomic E-state index is 0.321. The highest BCUT2D eigenvalue weighted by Gasteiger charge is 2.10. The Balaban J connectivity index is 2.20. The Morgan fingerprint density at radius 1 is 1.35 bits per heavy atom. The molecule has 1 heterocycles. The van der Waals surface area contributed by atoms with Gasteiger partial charge in [-0.05, 0) is 23.8 Å². The molecule has 0 aliphatic carbocycles. The van der Waals surface area contributed by atoms with Gasteiger partial charge in [-0.3, -0.25) is 0 Å². The number of nitrogens with zero attached hydrogens (tertiary/aromatic N) is 2. The highest BCUT2D eigenvalue weighted by molar-refractivity contribution is 6.17. The summed E-state index contributed by atoms with van der Waals surface area (Å²) in [6, 6.07) is 11.1. The lowest BCUT2D eigenvalue weighted by atomic mass is 10.2. The number of hydrogen-bond acceptors (Lipinski definition) is 4. The van der Waals surface area contributed by atoms with E-state index in [1.807, 2.05) is 24.3 Å². The fourth-order valence-corrected chi connectivity index (χ4v) is 1.98. The predicted molar refractivity (Wildman–Crippen MR) is 75.8 cm³/mol. The van der Waals surface area contributed by atoms with Crippen LogP contribution < -0.4 is 9.47 Å². The van der Waals surface area contributed by atoms with Crippen molar-refractivity contribution in [2.45, 2.75) is 12.5 Å². The summed E-state index contributed by atoms with van der Waals surface area (Å²) >= 11 is 5.90. The smallest absolute Gasteiger partial charge is 0.166 e. The maximum absolute atomic E-state index is 8.82. The van der Waals surface area contributed by atoms with Crippen molar-refractivity contribution in [2.75, 3.05) is 7.11 Å². The number of nitriles is 1. The molecular weight excluding hydrogens is 276 g/mol. The number of aromatic nitrogens is 1. The van der Waals surface area contributed by atoms with Gasteiger partial charge in [-0.1, -0.05) is 12.1 Å². The number of benzene rings is 1. The third kappa shape index (κ3) is 3.19. The number of ether oxygens (including phenoxy) is 2. The van der Waals surface area contributed by atoms with Gasteiger partial charge >= 0.3 is 0 Å². The van der Waals surface area contributed by atoms with E-state index in [9.17, 15) is 0 Å². The lowest BCUT2D eigenvalue weighted by Crippen LogP contribution is -2.01. The zero-order chi connectivity index (χ0) is 14.4. The van der Waals surface area contributed by atoms with Crippen molar-refractivity contribution in [1.82, 2.24) is 4.98 Å². The lowest BCUT2D eigenvalue weighted by molar-refractivity contribution is 0.282. The van der Waals surface area contributed by atoms with Gasteiger partial charge in [0.2, 0.25) is 0 Å². The Morgan fingerprint density at radius 3 is 2.90 bits per heavy atom. The molecule has 102 valence electrons. The number of alkyl halides is 1. The van der Waals surface area contributed by atoms with E-state index in [0.717, 1.165) is 11.1 Å². The monoisotopic (exact) mass is 288 g/mol. The molecule has 2 aromatic rings. The molecule has 0 aliphatic heterocycles. The average molecular weight is 289 g/mol. The molecule has 4 nitrogen and oxygen atoms in total. The van der Waals surface area contributed by atoms with E-state index >= 15 is 0 Å². The van der Waals surface area contributed by atoms with E-state index in [1.54, 1.807) is 25.4 Å². The Morgan fingerprint density at radius 2 is 2.20 bits per heavy atom. The van der Waals surface area contributed by atoms with Crippen molar-refractivity contribution in [2.24, 2.45) is 0 Å². The van der Waals surface area contributed by atoms with Crippen molar-refractivity contribution in [3.05, 3.63) is 53.3 Å². The minimum Gasteiger partial charge on any atom is -0.493 e. The first-order valence-corrected chi connectivity index (χ1v) is 6.51. The van der Waals surface area contributed by atoms with E-state index in [-0.39, 0.29) is 0 Å². The van der Waals surface area contributed by atoms with Crippen molar-refractivity contribution >= 4 is 11.6 Å². The Bertz CT molecular complexity index is 616. The molecule has 0 saturated carbocycles. The van der Waals surface area contributed by atoms with E-state index in [1.165, 1.54) is 0 Å². The second-order valence-electron chi connectivity index (χ2n) is 4.03. The van der Waals surface area contributed by atoms with Crippen molar-refractivity contribution in [1.29, 1.82) is 5.26 Å². The fourth-order valence-electron chi connectivity index (χ4n) is 1.77. The summed E-state index contributed by atoms with van der Waals surface area (Å²) in [5.74, 6) is 1.60. The molecule has 0 saturated heterocycles. The highest BCUT2D eigenvalue weighted by Crippen LogP contribution is 2.32. The maximum atomic E-state index is 8.82. The van der Waals surface area contributed by atoms with Gasteiger partial charge in [0.25, 0.3) is 0 Å². The van der Waals surface area contributed by atoms with Crippen LogP contribution in [0.3, 0.4) is 0 Å². The summed E-state index contributed by atoms with van der Waals surface area (Å²) in [7, 11) is 1.58. The molecule has 5 heteroatoms.